The monoisotopic (exact) mass is 619 g/mol. The number of halogens is 1. The van der Waals surface area contributed by atoms with Crippen LogP contribution in [-0.2, 0) is 32.6 Å². The molecule has 4 aromatic carbocycles. The van der Waals surface area contributed by atoms with Crippen molar-refractivity contribution in [2.24, 2.45) is 0 Å². The fourth-order valence-corrected chi connectivity index (χ4v) is 6.55. The number of carbonyl (C=O) groups excluding carboxylic acids is 2. The van der Waals surface area contributed by atoms with E-state index in [0.717, 1.165) is 15.4 Å². The predicted octanol–water partition coefficient (Wildman–Crippen LogP) is 5.24. The zero-order valence-corrected chi connectivity index (χ0v) is 25.8. The lowest BCUT2D eigenvalue weighted by Gasteiger charge is -2.34. The Morgan fingerprint density at radius 1 is 0.884 bits per heavy atom. The Morgan fingerprint density at radius 3 is 2.16 bits per heavy atom. The molecule has 4 aromatic rings. The number of sulfonamides is 1. The van der Waals surface area contributed by atoms with E-state index in [1.54, 1.807) is 68.6 Å². The van der Waals surface area contributed by atoms with Crippen molar-refractivity contribution in [3.05, 3.63) is 125 Å². The summed E-state index contributed by atoms with van der Waals surface area (Å²) in [4.78, 5) is 29.2. The largest absolute Gasteiger partial charge is 0.497 e. The van der Waals surface area contributed by atoms with Crippen LogP contribution < -0.4 is 14.4 Å². The van der Waals surface area contributed by atoms with Crippen LogP contribution in [0.5, 0.6) is 5.75 Å². The van der Waals surface area contributed by atoms with Gasteiger partial charge in [-0.25, -0.2) is 8.42 Å². The highest BCUT2D eigenvalue weighted by atomic mass is 35.5. The molecule has 0 aliphatic heterocycles. The van der Waals surface area contributed by atoms with E-state index in [0.29, 0.717) is 22.0 Å². The molecule has 0 aromatic heterocycles. The van der Waals surface area contributed by atoms with Gasteiger partial charge in [0.15, 0.2) is 0 Å². The van der Waals surface area contributed by atoms with Crippen molar-refractivity contribution in [2.45, 2.75) is 30.8 Å². The van der Waals surface area contributed by atoms with Gasteiger partial charge in [0.2, 0.25) is 11.8 Å². The third kappa shape index (κ3) is 7.74. The summed E-state index contributed by atoms with van der Waals surface area (Å²) >= 11 is 6.20. The Balaban J connectivity index is 1.81. The lowest BCUT2D eigenvalue weighted by molar-refractivity contribution is -0.139. The number of hydrogen-bond acceptors (Lipinski definition) is 5. The molecule has 0 radical (unpaired) electrons. The minimum absolute atomic E-state index is 0.0311. The number of hydrogen-bond donors (Lipinski definition) is 1. The molecule has 0 spiro atoms. The molecule has 1 N–H and O–H groups in total. The number of aryl methyl sites for hydroxylation is 1. The van der Waals surface area contributed by atoms with E-state index < -0.39 is 28.5 Å². The predicted molar refractivity (Wildman–Crippen MR) is 169 cm³/mol. The maximum atomic E-state index is 14.4. The summed E-state index contributed by atoms with van der Waals surface area (Å²) in [5.74, 6) is -0.337. The number of anilines is 1. The van der Waals surface area contributed by atoms with Gasteiger partial charge in [-0.2, -0.15) is 0 Å². The van der Waals surface area contributed by atoms with E-state index >= 15 is 0 Å². The lowest BCUT2D eigenvalue weighted by atomic mass is 10.0. The van der Waals surface area contributed by atoms with Gasteiger partial charge in [0.1, 0.15) is 18.3 Å². The zero-order valence-electron chi connectivity index (χ0n) is 24.2. The highest BCUT2D eigenvalue weighted by molar-refractivity contribution is 7.92. The minimum Gasteiger partial charge on any atom is -0.497 e. The van der Waals surface area contributed by atoms with Gasteiger partial charge in [0.05, 0.1) is 17.7 Å². The summed E-state index contributed by atoms with van der Waals surface area (Å²) in [6, 6.07) is 28.4. The lowest BCUT2D eigenvalue weighted by Crippen LogP contribution is -2.53. The summed E-state index contributed by atoms with van der Waals surface area (Å²) < 4.78 is 34.6. The first kappa shape index (κ1) is 31.6. The molecule has 0 fully saturated rings. The number of nitrogens with zero attached hydrogens (tertiary/aromatic N) is 2. The number of benzene rings is 4. The molecule has 0 bridgehead atoms. The summed E-state index contributed by atoms with van der Waals surface area (Å²) in [6.45, 7) is 1.22. The normalized spacial score (nSPS) is 11.8. The maximum Gasteiger partial charge on any atom is 0.264 e. The zero-order chi connectivity index (χ0) is 31.0. The Hall–Kier alpha value is -4.34. The van der Waals surface area contributed by atoms with Gasteiger partial charge in [-0.1, -0.05) is 72.3 Å². The summed E-state index contributed by atoms with van der Waals surface area (Å²) in [7, 11) is -1.13. The number of methoxy groups -OCH3 is 1. The molecule has 10 heteroatoms. The molecule has 1 atom stereocenters. The topological polar surface area (TPSA) is 96.0 Å². The van der Waals surface area contributed by atoms with Crippen molar-refractivity contribution >= 4 is 39.1 Å². The van der Waals surface area contributed by atoms with Gasteiger partial charge in [-0.15, -0.1) is 0 Å². The van der Waals surface area contributed by atoms with E-state index in [9.17, 15) is 18.0 Å². The highest BCUT2D eigenvalue weighted by Crippen LogP contribution is 2.29. The molecule has 0 heterocycles. The molecule has 0 saturated carbocycles. The van der Waals surface area contributed by atoms with Crippen LogP contribution in [0.4, 0.5) is 5.69 Å². The molecule has 8 nitrogen and oxygen atoms in total. The van der Waals surface area contributed by atoms with Gasteiger partial charge < -0.3 is 15.0 Å². The molecule has 0 aliphatic carbocycles. The SMILES string of the molecule is CNC(=O)C(Cc1ccccc1)N(Cc1cccc(OC)c1)C(=O)CN(c1ccc(Cl)cc1C)S(=O)(=O)c1ccccc1. The number of nitrogens with one attached hydrogen (secondary N) is 1. The van der Waals surface area contributed by atoms with E-state index in [4.69, 9.17) is 16.3 Å². The van der Waals surface area contributed by atoms with Crippen LogP contribution in [-0.4, -0.2) is 51.9 Å². The molecule has 1 unspecified atom stereocenters. The van der Waals surface area contributed by atoms with Gasteiger partial charge >= 0.3 is 0 Å². The average Bonchev–Trinajstić information content (AvgIpc) is 3.02. The van der Waals surface area contributed by atoms with Gasteiger partial charge in [-0.05, 0) is 66.1 Å². The van der Waals surface area contributed by atoms with Crippen molar-refractivity contribution in [1.82, 2.24) is 10.2 Å². The first-order valence-corrected chi connectivity index (χ1v) is 15.5. The highest BCUT2D eigenvalue weighted by Gasteiger charge is 2.34. The van der Waals surface area contributed by atoms with Gasteiger partial charge in [0, 0.05) is 25.0 Å². The average molecular weight is 620 g/mol. The number of amides is 2. The van der Waals surface area contributed by atoms with E-state index in [1.807, 2.05) is 36.4 Å². The van der Waals surface area contributed by atoms with Crippen molar-refractivity contribution in [3.63, 3.8) is 0 Å². The number of rotatable bonds is 12. The van der Waals surface area contributed by atoms with Crippen LogP contribution in [0, 0.1) is 6.92 Å². The molecular formula is C33H34ClN3O5S. The summed E-state index contributed by atoms with van der Waals surface area (Å²) in [6.07, 6.45) is 0.224. The van der Waals surface area contributed by atoms with E-state index in [-0.39, 0.29) is 23.8 Å². The second-order valence-electron chi connectivity index (χ2n) is 9.95. The Labute approximate surface area is 257 Å². The third-order valence-corrected chi connectivity index (χ3v) is 9.05. The van der Waals surface area contributed by atoms with Crippen LogP contribution in [0.3, 0.4) is 0 Å². The van der Waals surface area contributed by atoms with Gasteiger partial charge in [0.25, 0.3) is 10.0 Å². The Kier molecular flexibility index (Phi) is 10.4. The Morgan fingerprint density at radius 2 is 1.53 bits per heavy atom. The second kappa shape index (κ2) is 14.2. The third-order valence-electron chi connectivity index (χ3n) is 7.04. The van der Waals surface area contributed by atoms with Crippen LogP contribution in [0.25, 0.3) is 0 Å². The standard InChI is InChI=1S/C33H34ClN3O5S/c1-24-19-27(34)17-18-30(24)37(43(40,41)29-15-8-5-9-16-29)23-32(38)36(22-26-13-10-14-28(20-26)42-3)31(33(39)35-2)21-25-11-6-4-7-12-25/h4-20,31H,21-23H2,1-3H3,(H,35,39). The van der Waals surface area contributed by atoms with Crippen molar-refractivity contribution < 1.29 is 22.7 Å². The minimum atomic E-state index is -4.19. The maximum absolute atomic E-state index is 14.4. The van der Waals surface area contributed by atoms with Gasteiger partial charge in [-0.3, -0.25) is 13.9 Å². The molecule has 4 rings (SSSR count). The molecule has 224 valence electrons. The van der Waals surface area contributed by atoms with E-state index in [2.05, 4.69) is 5.32 Å². The molecule has 0 saturated heterocycles. The number of ether oxygens (including phenoxy) is 1. The molecule has 43 heavy (non-hydrogen) atoms. The first-order chi connectivity index (χ1) is 20.6. The van der Waals surface area contributed by atoms with Crippen LogP contribution in [0.15, 0.2) is 108 Å². The quantitative estimate of drug-likeness (QED) is 0.234. The van der Waals surface area contributed by atoms with E-state index in [1.165, 1.54) is 24.1 Å². The fraction of sp³-hybridized carbons (Fsp3) is 0.212. The van der Waals surface area contributed by atoms with Crippen molar-refractivity contribution in [1.29, 1.82) is 0 Å². The van der Waals surface area contributed by atoms with Crippen LogP contribution in [0.2, 0.25) is 5.02 Å². The first-order valence-electron chi connectivity index (χ1n) is 13.7. The van der Waals surface area contributed by atoms with Crippen molar-refractivity contribution in [3.8, 4) is 5.75 Å². The fourth-order valence-electron chi connectivity index (χ4n) is 4.82. The number of carbonyl (C=O) groups is 2. The van der Waals surface area contributed by atoms with Crippen LogP contribution in [0.1, 0.15) is 16.7 Å². The molecule has 0 aliphatic rings. The summed E-state index contributed by atoms with van der Waals surface area (Å²) in [5.41, 5.74) is 2.45. The molecular weight excluding hydrogens is 586 g/mol. The molecule has 2 amide bonds. The number of likely N-dealkylation sites (N-methyl/N-ethyl adjacent to an activating group) is 1. The summed E-state index contributed by atoms with van der Waals surface area (Å²) in [5, 5.41) is 3.12. The second-order valence-corrected chi connectivity index (χ2v) is 12.2. The van der Waals surface area contributed by atoms with Crippen molar-refractivity contribution in [2.75, 3.05) is 25.0 Å². The van der Waals surface area contributed by atoms with Crippen LogP contribution >= 0.6 is 11.6 Å². The smallest absolute Gasteiger partial charge is 0.264 e. The Bertz CT molecular complexity index is 1670.